The zero-order valence-corrected chi connectivity index (χ0v) is 11.3. The zero-order valence-electron chi connectivity index (χ0n) is 9.15. The Balaban J connectivity index is 3.82. The van der Waals surface area contributed by atoms with Gasteiger partial charge in [0, 0.05) is 6.42 Å². The Morgan fingerprint density at radius 2 is 1.75 bits per heavy atom. The summed E-state index contributed by atoms with van der Waals surface area (Å²) in [6.07, 6.45) is 2.62. The number of hydrogen-bond acceptors (Lipinski definition) is 0. The summed E-state index contributed by atoms with van der Waals surface area (Å²) in [5.41, 5.74) is 0.529. The molecule has 0 bridgehead atoms. The molecule has 0 atom stereocenters. The van der Waals surface area contributed by atoms with Crippen LogP contribution in [0, 0.1) is 5.41 Å². The Labute approximate surface area is 91.3 Å². The van der Waals surface area contributed by atoms with Crippen LogP contribution in [0.2, 0.25) is 0 Å². The lowest BCUT2D eigenvalue weighted by atomic mass is 9.86. The molecule has 0 spiro atoms. The van der Waals surface area contributed by atoms with Gasteiger partial charge < -0.3 is 4.48 Å². The molecule has 0 unspecified atom stereocenters. The minimum Gasteiger partial charge on any atom is -0.320 e. The second kappa shape index (κ2) is 4.80. The maximum absolute atomic E-state index is 2.47. The molecule has 0 saturated carbocycles. The molecule has 0 aliphatic carbocycles. The van der Waals surface area contributed by atoms with E-state index in [1.807, 2.05) is 0 Å². The van der Waals surface area contributed by atoms with E-state index in [0.29, 0.717) is 5.41 Å². The molecule has 0 aromatic rings. The van der Waals surface area contributed by atoms with Crippen molar-refractivity contribution in [3.8, 4) is 0 Å². The quantitative estimate of drug-likeness (QED) is 0.314. The number of alkyl halides is 1. The number of rotatable bonds is 5. The average Bonchev–Trinajstić information content (AvgIpc) is 2.02. The number of quaternary nitrogens is 1. The second-order valence-corrected chi connectivity index (χ2v) is 5.73. The first-order valence-corrected chi connectivity index (χ1v) is 6.23. The van der Waals surface area contributed by atoms with E-state index in [1.54, 1.807) is 0 Å². The lowest BCUT2D eigenvalue weighted by molar-refractivity contribution is -0.875. The lowest BCUT2D eigenvalue weighted by Crippen LogP contribution is -2.40. The molecular formula is C10H23IN+. The molecule has 0 aromatic heterocycles. The van der Waals surface area contributed by atoms with Gasteiger partial charge in [-0.3, -0.25) is 0 Å². The summed E-state index contributed by atoms with van der Waals surface area (Å²) in [6, 6.07) is 0. The van der Waals surface area contributed by atoms with E-state index in [0.717, 1.165) is 4.48 Å². The van der Waals surface area contributed by atoms with E-state index in [1.165, 1.54) is 23.9 Å². The highest BCUT2D eigenvalue weighted by molar-refractivity contribution is 14.1. The van der Waals surface area contributed by atoms with Crippen molar-refractivity contribution in [2.45, 2.75) is 33.6 Å². The van der Waals surface area contributed by atoms with Gasteiger partial charge >= 0.3 is 0 Å². The normalized spacial score (nSPS) is 13.5. The van der Waals surface area contributed by atoms with Gasteiger partial charge in [0.1, 0.15) is 4.55 Å². The van der Waals surface area contributed by atoms with Crippen LogP contribution < -0.4 is 0 Å². The molecule has 0 fully saturated rings. The predicted molar refractivity (Wildman–Crippen MR) is 64.6 cm³/mol. The van der Waals surface area contributed by atoms with E-state index >= 15 is 0 Å². The largest absolute Gasteiger partial charge is 0.320 e. The smallest absolute Gasteiger partial charge is 0.129 e. The Hall–Kier alpha value is 0.690. The van der Waals surface area contributed by atoms with Crippen LogP contribution in [-0.4, -0.2) is 29.7 Å². The maximum atomic E-state index is 2.47. The maximum Gasteiger partial charge on any atom is 0.129 e. The third-order valence-corrected chi connectivity index (χ3v) is 4.52. The lowest BCUT2D eigenvalue weighted by Gasteiger charge is -2.31. The van der Waals surface area contributed by atoms with Gasteiger partial charge in [-0.2, -0.15) is 0 Å². The topological polar surface area (TPSA) is 0 Å². The monoisotopic (exact) mass is 284 g/mol. The van der Waals surface area contributed by atoms with Crippen LogP contribution in [0.1, 0.15) is 33.6 Å². The summed E-state index contributed by atoms with van der Waals surface area (Å²) in [7, 11) is 4.61. The van der Waals surface area contributed by atoms with Crippen molar-refractivity contribution >= 4 is 22.6 Å². The van der Waals surface area contributed by atoms with Crippen molar-refractivity contribution in [3.63, 3.8) is 0 Å². The Morgan fingerprint density at radius 1 is 1.25 bits per heavy atom. The van der Waals surface area contributed by atoms with Crippen molar-refractivity contribution in [3.05, 3.63) is 0 Å². The van der Waals surface area contributed by atoms with Crippen LogP contribution in [0.25, 0.3) is 0 Å². The standard InChI is InChI=1S/C10H23IN/c1-6-10(2,3)7-8-12(4,5)9-11/h6-9H2,1-5H3/q+1. The Bertz CT molecular complexity index is 114. The molecule has 1 nitrogen and oxygen atoms in total. The van der Waals surface area contributed by atoms with Crippen LogP contribution in [-0.2, 0) is 0 Å². The first-order valence-electron chi connectivity index (χ1n) is 4.71. The Kier molecular flexibility index (Phi) is 5.07. The molecule has 0 N–H and O–H groups in total. The van der Waals surface area contributed by atoms with Crippen molar-refractivity contribution in [1.29, 1.82) is 0 Å². The first-order chi connectivity index (χ1) is 5.33. The van der Waals surface area contributed by atoms with Crippen molar-refractivity contribution < 1.29 is 4.48 Å². The molecule has 2 heteroatoms. The molecule has 0 aliphatic heterocycles. The number of hydrogen-bond donors (Lipinski definition) is 0. The van der Waals surface area contributed by atoms with Crippen LogP contribution in [0.4, 0.5) is 0 Å². The molecule has 12 heavy (non-hydrogen) atoms. The summed E-state index contributed by atoms with van der Waals surface area (Å²) in [5.74, 6) is 0. The highest BCUT2D eigenvalue weighted by atomic mass is 127. The summed E-state index contributed by atoms with van der Waals surface area (Å²) in [6.45, 7) is 8.30. The van der Waals surface area contributed by atoms with Gasteiger partial charge in [-0.15, -0.1) is 0 Å². The molecule has 0 amide bonds. The van der Waals surface area contributed by atoms with Crippen molar-refractivity contribution in [2.75, 3.05) is 25.2 Å². The van der Waals surface area contributed by atoms with Gasteiger partial charge in [-0.05, 0) is 28.0 Å². The van der Waals surface area contributed by atoms with Crippen LogP contribution in [0.15, 0.2) is 0 Å². The van der Waals surface area contributed by atoms with Crippen LogP contribution in [0.3, 0.4) is 0 Å². The van der Waals surface area contributed by atoms with E-state index in [-0.39, 0.29) is 0 Å². The van der Waals surface area contributed by atoms with Crippen LogP contribution >= 0.6 is 22.6 Å². The summed E-state index contributed by atoms with van der Waals surface area (Å²) < 4.78 is 2.35. The van der Waals surface area contributed by atoms with Gasteiger partial charge in [0.05, 0.1) is 20.6 Å². The van der Waals surface area contributed by atoms with Crippen molar-refractivity contribution in [2.24, 2.45) is 5.41 Å². The van der Waals surface area contributed by atoms with E-state index in [4.69, 9.17) is 0 Å². The van der Waals surface area contributed by atoms with Gasteiger partial charge in [-0.25, -0.2) is 0 Å². The fourth-order valence-electron chi connectivity index (χ4n) is 0.842. The summed E-state index contributed by atoms with van der Waals surface area (Å²) in [4.78, 5) is 0. The summed E-state index contributed by atoms with van der Waals surface area (Å²) >= 11 is 2.47. The molecule has 74 valence electrons. The van der Waals surface area contributed by atoms with Gasteiger partial charge in [0.15, 0.2) is 0 Å². The van der Waals surface area contributed by atoms with Gasteiger partial charge in [0.25, 0.3) is 0 Å². The predicted octanol–water partition coefficient (Wildman–Crippen LogP) is 3.28. The average molecular weight is 284 g/mol. The highest BCUT2D eigenvalue weighted by Crippen LogP contribution is 2.25. The van der Waals surface area contributed by atoms with Gasteiger partial charge in [0.2, 0.25) is 0 Å². The zero-order chi connectivity index (χ0) is 9.83. The molecule has 0 rings (SSSR count). The highest BCUT2D eigenvalue weighted by Gasteiger charge is 2.20. The fourth-order valence-corrected chi connectivity index (χ4v) is 1.18. The third kappa shape index (κ3) is 5.36. The molecule has 0 aromatic carbocycles. The molecule has 0 saturated heterocycles. The van der Waals surface area contributed by atoms with Gasteiger partial charge in [-0.1, -0.05) is 27.2 Å². The molecular weight excluding hydrogens is 261 g/mol. The minimum atomic E-state index is 0.529. The minimum absolute atomic E-state index is 0.529. The van der Waals surface area contributed by atoms with E-state index in [9.17, 15) is 0 Å². The molecule has 0 heterocycles. The van der Waals surface area contributed by atoms with E-state index < -0.39 is 0 Å². The van der Waals surface area contributed by atoms with Crippen molar-refractivity contribution in [1.82, 2.24) is 0 Å². The SMILES string of the molecule is CCC(C)(C)CC[N+](C)(C)CI. The van der Waals surface area contributed by atoms with E-state index in [2.05, 4.69) is 57.5 Å². The molecule has 0 aliphatic rings. The fraction of sp³-hybridized carbons (Fsp3) is 1.00. The third-order valence-electron chi connectivity index (χ3n) is 2.67. The number of nitrogens with zero attached hydrogens (tertiary/aromatic N) is 1. The summed E-state index contributed by atoms with van der Waals surface area (Å²) in [5, 5.41) is 0. The van der Waals surface area contributed by atoms with Crippen LogP contribution in [0.5, 0.6) is 0 Å². The molecule has 0 radical (unpaired) electrons. The second-order valence-electron chi connectivity index (χ2n) is 5.05. The first kappa shape index (κ1) is 12.7. The number of halogens is 1. The Morgan fingerprint density at radius 3 is 2.08 bits per heavy atom.